The molecular weight excluding hydrogens is 338 g/mol. The molecule has 23 heavy (non-hydrogen) atoms. The molecule has 1 aliphatic heterocycles. The Kier molecular flexibility index (Phi) is 7.56. The van der Waals surface area contributed by atoms with Crippen LogP contribution in [0.15, 0.2) is 33.5 Å². The average molecular weight is 359 g/mol. The van der Waals surface area contributed by atoms with Gasteiger partial charge in [-0.3, -0.25) is 9.55 Å². The second-order valence-corrected chi connectivity index (χ2v) is 6.56. The smallest absolute Gasteiger partial charge is 0.300 e. The van der Waals surface area contributed by atoms with Crippen LogP contribution in [0, 0.1) is 0 Å². The van der Waals surface area contributed by atoms with Crippen LogP contribution in [-0.4, -0.2) is 45.1 Å². The van der Waals surface area contributed by atoms with Gasteiger partial charge in [0.2, 0.25) is 0 Å². The molecule has 2 rings (SSSR count). The van der Waals surface area contributed by atoms with Gasteiger partial charge < -0.3 is 15.8 Å². The van der Waals surface area contributed by atoms with E-state index in [1.807, 2.05) is 6.92 Å². The third-order valence-electron chi connectivity index (χ3n) is 2.64. The van der Waals surface area contributed by atoms with Gasteiger partial charge in [0.15, 0.2) is 10.6 Å². The quantitative estimate of drug-likeness (QED) is 0.420. The fourth-order valence-corrected chi connectivity index (χ4v) is 3.38. The normalized spacial score (nSPS) is 12.5. The molecule has 1 aliphatic rings. The van der Waals surface area contributed by atoms with Crippen molar-refractivity contribution in [3.8, 4) is 5.75 Å². The summed E-state index contributed by atoms with van der Waals surface area (Å²) in [5, 5.41) is 2.92. The molecule has 128 valence electrons. The van der Waals surface area contributed by atoms with E-state index < -0.39 is 10.1 Å². The number of nitrogens with two attached hydrogens (primary N) is 1. The fourth-order valence-electron chi connectivity index (χ4n) is 1.87. The molecule has 0 spiro atoms. The van der Waals surface area contributed by atoms with Crippen LogP contribution in [0.25, 0.3) is 0 Å². The van der Waals surface area contributed by atoms with Crippen molar-refractivity contribution >= 4 is 39.5 Å². The largest absolute Gasteiger partial charge is 0.484 e. The van der Waals surface area contributed by atoms with Crippen LogP contribution in [0.5, 0.6) is 5.75 Å². The van der Waals surface area contributed by atoms with Crippen LogP contribution < -0.4 is 15.8 Å². The maximum Gasteiger partial charge on any atom is 0.300 e. The van der Waals surface area contributed by atoms with Crippen molar-refractivity contribution in [2.24, 2.45) is 10.7 Å². The Bertz CT molecular complexity index is 688. The average Bonchev–Trinajstić information content (AvgIpc) is 2.51. The first-order chi connectivity index (χ1) is 10.9. The number of anilines is 1. The van der Waals surface area contributed by atoms with Crippen molar-refractivity contribution in [2.75, 3.05) is 31.3 Å². The van der Waals surface area contributed by atoms with Crippen molar-refractivity contribution in [2.45, 2.75) is 16.7 Å². The number of fused-ring (bicyclic) bond motifs is 1. The zero-order valence-electron chi connectivity index (χ0n) is 13.1. The standard InChI is InChI=1S/C11H15N3O4S2.C3H6/c1-19-8-6-7-10(18-5-4-13-7)11(20(15,16)17)9(8)14-3-2-12;1-3-2/h4,6,14H,2-3,5,12H2,1H3,(H,15,16,17);3H,1H2,2H3. The summed E-state index contributed by atoms with van der Waals surface area (Å²) in [6, 6.07) is 1.71. The topological polar surface area (TPSA) is 114 Å². The van der Waals surface area contributed by atoms with Crippen LogP contribution in [0.4, 0.5) is 11.4 Å². The van der Waals surface area contributed by atoms with Crippen LogP contribution >= 0.6 is 11.8 Å². The van der Waals surface area contributed by atoms with E-state index in [0.29, 0.717) is 29.4 Å². The second kappa shape index (κ2) is 8.92. The van der Waals surface area contributed by atoms with E-state index in [1.165, 1.54) is 18.0 Å². The fraction of sp³-hybridized carbons (Fsp3) is 0.357. The Labute approximate surface area is 140 Å². The van der Waals surface area contributed by atoms with Crippen molar-refractivity contribution in [1.82, 2.24) is 0 Å². The van der Waals surface area contributed by atoms with Crippen LogP contribution in [0.3, 0.4) is 0 Å². The Balaban J connectivity index is 0.000000816. The zero-order valence-corrected chi connectivity index (χ0v) is 14.7. The minimum atomic E-state index is -4.45. The number of hydrogen-bond acceptors (Lipinski definition) is 7. The van der Waals surface area contributed by atoms with E-state index in [-0.39, 0.29) is 17.3 Å². The number of nitrogens with one attached hydrogen (secondary N) is 1. The molecule has 0 atom stereocenters. The lowest BCUT2D eigenvalue weighted by atomic mass is 10.2. The highest BCUT2D eigenvalue weighted by atomic mass is 32.2. The maximum atomic E-state index is 11.7. The highest BCUT2D eigenvalue weighted by molar-refractivity contribution is 7.98. The van der Waals surface area contributed by atoms with Gasteiger partial charge in [-0.2, -0.15) is 8.42 Å². The molecule has 0 saturated carbocycles. The lowest BCUT2D eigenvalue weighted by Crippen LogP contribution is -2.17. The van der Waals surface area contributed by atoms with E-state index in [4.69, 9.17) is 10.5 Å². The lowest BCUT2D eigenvalue weighted by Gasteiger charge is -2.20. The summed E-state index contributed by atoms with van der Waals surface area (Å²) in [5.74, 6) is 0.0623. The summed E-state index contributed by atoms with van der Waals surface area (Å²) in [6.45, 7) is 6.11. The van der Waals surface area contributed by atoms with Gasteiger partial charge in [0.05, 0.1) is 5.69 Å². The zero-order chi connectivity index (χ0) is 17.5. The Morgan fingerprint density at radius 2 is 2.26 bits per heavy atom. The SMILES string of the molecule is C=CC.CSc1cc2c(c(S(=O)(=O)O)c1NCCN)OCC=N2. The molecule has 0 unspecified atom stereocenters. The molecule has 0 bridgehead atoms. The summed E-state index contributed by atoms with van der Waals surface area (Å²) < 4.78 is 38.2. The molecule has 0 aromatic heterocycles. The molecular formula is C14H21N3O4S2. The van der Waals surface area contributed by atoms with Gasteiger partial charge in [0.25, 0.3) is 10.1 Å². The predicted molar refractivity (Wildman–Crippen MR) is 95.1 cm³/mol. The van der Waals surface area contributed by atoms with Gasteiger partial charge in [0, 0.05) is 24.2 Å². The van der Waals surface area contributed by atoms with Gasteiger partial charge in [-0.05, 0) is 19.2 Å². The lowest BCUT2D eigenvalue weighted by molar-refractivity contribution is 0.363. The summed E-state index contributed by atoms with van der Waals surface area (Å²) in [4.78, 5) is 4.46. The molecule has 1 aromatic rings. The number of thioether (sulfide) groups is 1. The summed E-state index contributed by atoms with van der Waals surface area (Å²) in [6.07, 6.45) is 5.09. The first-order valence-corrected chi connectivity index (χ1v) is 9.45. The first kappa shape index (κ1) is 19.5. The molecule has 1 heterocycles. The second-order valence-electron chi connectivity index (χ2n) is 4.35. The van der Waals surface area contributed by atoms with E-state index >= 15 is 0 Å². The van der Waals surface area contributed by atoms with Gasteiger partial charge in [0.1, 0.15) is 12.3 Å². The monoisotopic (exact) mass is 359 g/mol. The molecule has 4 N–H and O–H groups in total. The van der Waals surface area contributed by atoms with Crippen molar-refractivity contribution in [1.29, 1.82) is 0 Å². The molecule has 7 nitrogen and oxygen atoms in total. The van der Waals surface area contributed by atoms with Gasteiger partial charge in [-0.15, -0.1) is 18.3 Å². The molecule has 9 heteroatoms. The number of rotatable bonds is 5. The number of ether oxygens (including phenoxy) is 1. The Hall–Kier alpha value is -1.55. The molecule has 0 fully saturated rings. The molecule has 0 amide bonds. The number of allylic oxidation sites excluding steroid dienone is 1. The van der Waals surface area contributed by atoms with E-state index in [9.17, 15) is 13.0 Å². The number of hydrogen-bond donors (Lipinski definition) is 3. The van der Waals surface area contributed by atoms with Crippen LogP contribution in [0.2, 0.25) is 0 Å². The molecule has 1 aromatic carbocycles. The Morgan fingerprint density at radius 1 is 1.61 bits per heavy atom. The number of nitrogens with zero attached hydrogens (tertiary/aromatic N) is 1. The van der Waals surface area contributed by atoms with Crippen molar-refractivity contribution < 1.29 is 17.7 Å². The Morgan fingerprint density at radius 3 is 2.78 bits per heavy atom. The molecule has 0 aliphatic carbocycles. The summed E-state index contributed by atoms with van der Waals surface area (Å²) >= 11 is 1.34. The van der Waals surface area contributed by atoms with Crippen molar-refractivity contribution in [3.63, 3.8) is 0 Å². The van der Waals surface area contributed by atoms with Gasteiger partial charge >= 0.3 is 0 Å². The minimum Gasteiger partial charge on any atom is -0.484 e. The number of benzene rings is 1. The van der Waals surface area contributed by atoms with Gasteiger partial charge in [-0.1, -0.05) is 6.08 Å². The van der Waals surface area contributed by atoms with E-state index in [2.05, 4.69) is 16.9 Å². The molecule has 0 saturated heterocycles. The van der Waals surface area contributed by atoms with E-state index in [1.54, 1.807) is 18.4 Å². The minimum absolute atomic E-state index is 0.0623. The third-order valence-corrected chi connectivity index (χ3v) is 4.30. The predicted octanol–water partition coefficient (Wildman–Crippen LogP) is 2.31. The highest BCUT2D eigenvalue weighted by Crippen LogP contribution is 2.45. The van der Waals surface area contributed by atoms with Crippen LogP contribution in [0.1, 0.15) is 6.92 Å². The number of aliphatic imine (C=N–C) groups is 1. The maximum absolute atomic E-state index is 11.7. The van der Waals surface area contributed by atoms with Crippen LogP contribution in [-0.2, 0) is 10.1 Å². The summed E-state index contributed by atoms with van der Waals surface area (Å²) in [5.41, 5.74) is 6.10. The molecule has 0 radical (unpaired) electrons. The van der Waals surface area contributed by atoms with E-state index in [0.717, 1.165) is 0 Å². The van der Waals surface area contributed by atoms with Gasteiger partial charge in [-0.25, -0.2) is 0 Å². The first-order valence-electron chi connectivity index (χ1n) is 6.79. The summed E-state index contributed by atoms with van der Waals surface area (Å²) in [7, 11) is -4.45. The third kappa shape index (κ3) is 4.96. The highest BCUT2D eigenvalue weighted by Gasteiger charge is 2.28. The van der Waals surface area contributed by atoms with Crippen molar-refractivity contribution in [3.05, 3.63) is 18.7 Å².